The fourth-order valence-electron chi connectivity index (χ4n) is 5.08. The van der Waals surface area contributed by atoms with Crippen LogP contribution in [0.4, 0.5) is 10.6 Å². The number of carbonyl (C=O) groups excluding carboxylic acids is 1. The second kappa shape index (κ2) is 9.58. The molecule has 0 spiro atoms. The highest BCUT2D eigenvalue weighted by Crippen LogP contribution is 2.33. The van der Waals surface area contributed by atoms with Gasteiger partial charge in [0, 0.05) is 32.3 Å². The average Bonchev–Trinajstić information content (AvgIpc) is 3.54. The van der Waals surface area contributed by atoms with Crippen molar-refractivity contribution in [3.05, 3.63) is 77.5 Å². The van der Waals surface area contributed by atoms with Crippen molar-refractivity contribution >= 4 is 11.8 Å². The number of methoxy groups -OCH3 is 1. The SMILES string of the molecule is COCCN1C[C@@H](NC(=O)Nc2c3c(nn2-c2ccccc2)CCC3)[C@@](O)(c2ccccc2)C1. The number of ether oxygens (including phenoxy) is 1. The first-order valence-corrected chi connectivity index (χ1v) is 11.8. The molecule has 2 heterocycles. The molecule has 0 unspecified atom stereocenters. The minimum absolute atomic E-state index is 0.347. The van der Waals surface area contributed by atoms with Crippen LogP contribution in [0.3, 0.4) is 0 Å². The van der Waals surface area contributed by atoms with Crippen LogP contribution in [0.5, 0.6) is 0 Å². The van der Waals surface area contributed by atoms with Crippen LogP contribution in [-0.4, -0.2) is 65.2 Å². The number of carbonyl (C=O) groups is 1. The maximum absolute atomic E-state index is 13.3. The molecule has 1 saturated heterocycles. The van der Waals surface area contributed by atoms with E-state index in [0.29, 0.717) is 32.1 Å². The molecule has 3 N–H and O–H groups in total. The molecule has 178 valence electrons. The Hall–Kier alpha value is -3.20. The van der Waals surface area contributed by atoms with Crippen molar-refractivity contribution in [2.75, 3.05) is 38.7 Å². The molecular formula is C26H31N5O3. The van der Waals surface area contributed by atoms with Gasteiger partial charge in [-0.1, -0.05) is 48.5 Å². The van der Waals surface area contributed by atoms with Gasteiger partial charge in [0.2, 0.25) is 0 Å². The highest BCUT2D eigenvalue weighted by Gasteiger charge is 2.47. The molecule has 1 aromatic heterocycles. The predicted octanol–water partition coefficient (Wildman–Crippen LogP) is 2.70. The number of rotatable bonds is 7. The Labute approximate surface area is 199 Å². The third kappa shape index (κ3) is 4.32. The van der Waals surface area contributed by atoms with Crippen LogP contribution < -0.4 is 10.6 Å². The monoisotopic (exact) mass is 461 g/mol. The van der Waals surface area contributed by atoms with Gasteiger partial charge in [0.15, 0.2) is 0 Å². The molecule has 1 aliphatic heterocycles. The summed E-state index contributed by atoms with van der Waals surface area (Å²) in [5.74, 6) is 0.702. The Morgan fingerprint density at radius 1 is 1.15 bits per heavy atom. The first-order valence-electron chi connectivity index (χ1n) is 11.8. The minimum Gasteiger partial charge on any atom is -0.383 e. The van der Waals surface area contributed by atoms with E-state index in [0.717, 1.165) is 41.8 Å². The van der Waals surface area contributed by atoms with Gasteiger partial charge in [-0.3, -0.25) is 10.2 Å². The van der Waals surface area contributed by atoms with Gasteiger partial charge < -0.3 is 15.2 Å². The molecule has 1 fully saturated rings. The number of para-hydroxylation sites is 1. The molecule has 1 aliphatic carbocycles. The number of hydrogen-bond acceptors (Lipinski definition) is 5. The summed E-state index contributed by atoms with van der Waals surface area (Å²) in [6.45, 7) is 2.19. The van der Waals surface area contributed by atoms with Crippen LogP contribution in [-0.2, 0) is 23.2 Å². The zero-order valence-electron chi connectivity index (χ0n) is 19.4. The van der Waals surface area contributed by atoms with Gasteiger partial charge in [-0.15, -0.1) is 0 Å². The largest absolute Gasteiger partial charge is 0.383 e. The molecule has 0 radical (unpaired) electrons. The normalized spacial score (nSPS) is 22.0. The van der Waals surface area contributed by atoms with Crippen molar-refractivity contribution in [2.24, 2.45) is 0 Å². The Balaban J connectivity index is 1.39. The van der Waals surface area contributed by atoms with Gasteiger partial charge in [-0.25, -0.2) is 9.48 Å². The quantitative estimate of drug-likeness (QED) is 0.503. The molecule has 0 saturated carbocycles. The number of aromatic nitrogens is 2. The van der Waals surface area contributed by atoms with E-state index in [1.807, 2.05) is 65.3 Å². The molecule has 3 aromatic rings. The van der Waals surface area contributed by atoms with E-state index in [1.54, 1.807) is 7.11 Å². The van der Waals surface area contributed by atoms with Crippen LogP contribution in [0, 0.1) is 0 Å². The highest BCUT2D eigenvalue weighted by molar-refractivity contribution is 5.90. The van der Waals surface area contributed by atoms with E-state index in [-0.39, 0.29) is 6.03 Å². The lowest BCUT2D eigenvalue weighted by molar-refractivity contribution is 0.0244. The van der Waals surface area contributed by atoms with Crippen LogP contribution in [0.25, 0.3) is 5.69 Å². The van der Waals surface area contributed by atoms with Crippen LogP contribution in [0.15, 0.2) is 60.7 Å². The minimum atomic E-state index is -1.20. The number of nitrogens with one attached hydrogen (secondary N) is 2. The van der Waals surface area contributed by atoms with Crippen molar-refractivity contribution in [3.8, 4) is 5.69 Å². The van der Waals surface area contributed by atoms with Crippen molar-refractivity contribution in [1.82, 2.24) is 20.0 Å². The third-order valence-corrected chi connectivity index (χ3v) is 6.81. The number of aryl methyl sites for hydroxylation is 1. The van der Waals surface area contributed by atoms with Crippen LogP contribution in [0.2, 0.25) is 0 Å². The van der Waals surface area contributed by atoms with Gasteiger partial charge >= 0.3 is 6.03 Å². The fourth-order valence-corrected chi connectivity index (χ4v) is 5.08. The number of anilines is 1. The maximum Gasteiger partial charge on any atom is 0.320 e. The number of likely N-dealkylation sites (tertiary alicyclic amines) is 1. The molecular weight excluding hydrogens is 430 g/mol. The van der Waals surface area contributed by atoms with Crippen molar-refractivity contribution < 1.29 is 14.6 Å². The first-order chi connectivity index (χ1) is 16.6. The summed E-state index contributed by atoms with van der Waals surface area (Å²) in [6.07, 6.45) is 2.84. The Bertz CT molecular complexity index is 1130. The summed E-state index contributed by atoms with van der Waals surface area (Å²) in [5, 5.41) is 22.6. The van der Waals surface area contributed by atoms with E-state index < -0.39 is 11.6 Å². The van der Waals surface area contributed by atoms with Crippen molar-refractivity contribution in [1.29, 1.82) is 0 Å². The maximum atomic E-state index is 13.3. The van der Waals surface area contributed by atoms with E-state index in [4.69, 9.17) is 9.84 Å². The molecule has 8 nitrogen and oxygen atoms in total. The number of aliphatic hydroxyl groups is 1. The van der Waals surface area contributed by atoms with Gasteiger partial charge in [-0.05, 0) is 37.0 Å². The molecule has 2 atom stereocenters. The van der Waals surface area contributed by atoms with Gasteiger partial charge in [0.1, 0.15) is 11.4 Å². The molecule has 5 rings (SSSR count). The lowest BCUT2D eigenvalue weighted by Crippen LogP contribution is -2.51. The van der Waals surface area contributed by atoms with Gasteiger partial charge in [0.05, 0.1) is 24.0 Å². The predicted molar refractivity (Wildman–Crippen MR) is 130 cm³/mol. The summed E-state index contributed by atoms with van der Waals surface area (Å²) < 4.78 is 7.04. The first kappa shape index (κ1) is 22.6. The second-order valence-electron chi connectivity index (χ2n) is 9.04. The second-order valence-corrected chi connectivity index (χ2v) is 9.04. The standard InChI is InChI=1S/C26H31N5O3/c1-34-16-15-30-17-23(26(33,18-30)19-9-4-2-5-10-19)27-25(32)28-24-21-13-8-14-22(21)29-31(24)20-11-6-3-7-12-20/h2-7,9-12,23,33H,8,13-18H2,1H3,(H2,27,28,32)/t23-,26+/m1/s1. The number of hydrogen-bond donors (Lipinski definition) is 3. The molecule has 0 bridgehead atoms. The lowest BCUT2D eigenvalue weighted by atomic mass is 9.89. The van der Waals surface area contributed by atoms with E-state index in [2.05, 4.69) is 15.5 Å². The Morgan fingerprint density at radius 3 is 2.62 bits per heavy atom. The number of fused-ring (bicyclic) bond motifs is 1. The zero-order valence-corrected chi connectivity index (χ0v) is 19.4. The zero-order chi connectivity index (χ0) is 23.5. The fraction of sp³-hybridized carbons (Fsp3) is 0.385. The Kier molecular flexibility index (Phi) is 6.36. The smallest absolute Gasteiger partial charge is 0.320 e. The van der Waals surface area contributed by atoms with E-state index >= 15 is 0 Å². The van der Waals surface area contributed by atoms with Crippen molar-refractivity contribution in [3.63, 3.8) is 0 Å². The lowest BCUT2D eigenvalue weighted by Gasteiger charge is -2.30. The number of nitrogens with zero attached hydrogens (tertiary/aromatic N) is 3. The summed E-state index contributed by atoms with van der Waals surface area (Å²) in [7, 11) is 1.66. The average molecular weight is 462 g/mol. The summed E-state index contributed by atoms with van der Waals surface area (Å²) >= 11 is 0. The Morgan fingerprint density at radius 2 is 1.88 bits per heavy atom. The summed E-state index contributed by atoms with van der Waals surface area (Å²) in [4.78, 5) is 15.4. The topological polar surface area (TPSA) is 91.7 Å². The molecule has 34 heavy (non-hydrogen) atoms. The third-order valence-electron chi connectivity index (χ3n) is 6.81. The van der Waals surface area contributed by atoms with E-state index in [1.165, 1.54) is 0 Å². The van der Waals surface area contributed by atoms with Crippen molar-refractivity contribution in [2.45, 2.75) is 30.9 Å². The van der Waals surface area contributed by atoms with Crippen LogP contribution >= 0.6 is 0 Å². The van der Waals surface area contributed by atoms with Gasteiger partial charge in [0.25, 0.3) is 0 Å². The molecule has 2 aromatic carbocycles. The molecule has 2 amide bonds. The number of β-amino-alcohol motifs (C(OH)–C–C–N with tert-alkyl or cyclic N) is 1. The van der Waals surface area contributed by atoms with Crippen LogP contribution in [0.1, 0.15) is 23.2 Å². The highest BCUT2D eigenvalue weighted by atomic mass is 16.5. The number of benzene rings is 2. The summed E-state index contributed by atoms with van der Waals surface area (Å²) in [6, 6.07) is 18.5. The van der Waals surface area contributed by atoms with E-state index in [9.17, 15) is 9.90 Å². The summed E-state index contributed by atoms with van der Waals surface area (Å²) in [5.41, 5.74) is 2.61. The van der Waals surface area contributed by atoms with Gasteiger partial charge in [-0.2, -0.15) is 5.10 Å². The molecule has 8 heteroatoms. The molecule has 2 aliphatic rings. The number of urea groups is 1. The number of amides is 2.